The van der Waals surface area contributed by atoms with Crippen molar-refractivity contribution in [3.63, 3.8) is 0 Å². The average Bonchev–Trinajstić information content (AvgIpc) is 2.21. The Kier molecular flexibility index (Phi) is 12.5. The van der Waals surface area contributed by atoms with Crippen molar-refractivity contribution in [2.24, 2.45) is 0 Å². The van der Waals surface area contributed by atoms with Gasteiger partial charge in [0, 0.05) is 0 Å². The topological polar surface area (TPSA) is 0 Å². The van der Waals surface area contributed by atoms with Gasteiger partial charge in [-0.3, -0.25) is 0 Å². The summed E-state index contributed by atoms with van der Waals surface area (Å²) >= 11 is 0. The van der Waals surface area contributed by atoms with Gasteiger partial charge in [-0.25, -0.2) is 0 Å². The molecule has 0 saturated heterocycles. The number of hydrogen-bond donors (Lipinski definition) is 0. The Hall–Kier alpha value is -0.260. The second kappa shape index (κ2) is 12.7. The normalized spacial score (nSPS) is 11.3. The van der Waals surface area contributed by atoms with Crippen LogP contribution in [-0.2, 0) is 0 Å². The molecule has 0 amide bonds. The van der Waals surface area contributed by atoms with E-state index in [9.17, 15) is 0 Å². The first-order chi connectivity index (χ1) is 6.91. The second-order valence-corrected chi connectivity index (χ2v) is 3.94. The molecule has 0 heteroatoms. The lowest BCUT2D eigenvalue weighted by atomic mass is 10.1. The van der Waals surface area contributed by atoms with Crippen LogP contribution in [0.5, 0.6) is 0 Å². The first kappa shape index (κ1) is 13.7. The summed E-state index contributed by atoms with van der Waals surface area (Å²) in [5.74, 6) is 0. The second-order valence-electron chi connectivity index (χ2n) is 3.94. The predicted octanol–water partition coefficient (Wildman–Crippen LogP) is 5.11. The predicted molar refractivity (Wildman–Crippen MR) is 66.0 cm³/mol. The number of hydrogen-bond acceptors (Lipinski definition) is 0. The Morgan fingerprint density at radius 2 is 1.21 bits per heavy atom. The van der Waals surface area contributed by atoms with E-state index in [1.54, 1.807) is 0 Å². The Labute approximate surface area is 90.8 Å². The van der Waals surface area contributed by atoms with Crippen LogP contribution in [-0.4, -0.2) is 0 Å². The lowest BCUT2D eigenvalue weighted by Crippen LogP contribution is -1.80. The van der Waals surface area contributed by atoms with Gasteiger partial charge in [0.1, 0.15) is 0 Å². The molecule has 0 nitrogen and oxygen atoms in total. The van der Waals surface area contributed by atoms with Crippen molar-refractivity contribution >= 4 is 0 Å². The summed E-state index contributed by atoms with van der Waals surface area (Å²) in [6.07, 6.45) is 17.5. The largest absolute Gasteiger partial charge is 0.0885 e. The van der Waals surface area contributed by atoms with Gasteiger partial charge >= 0.3 is 0 Å². The fraction of sp³-hybridized carbons (Fsp3) is 0.714. The summed E-state index contributed by atoms with van der Waals surface area (Å²) < 4.78 is 0. The zero-order chi connectivity index (χ0) is 10.5. The molecule has 14 heavy (non-hydrogen) atoms. The molecule has 2 radical (unpaired) electrons. The molecule has 0 N–H and O–H groups in total. The fourth-order valence-corrected chi connectivity index (χ4v) is 1.62. The standard InChI is InChI=1S/C14H26/c1-3-5-7-9-11-13-14-12-10-8-6-4-2/h3,5H,1-2,4,6-14H2/b5-3+. The van der Waals surface area contributed by atoms with E-state index in [1.165, 1.54) is 57.8 Å². The summed E-state index contributed by atoms with van der Waals surface area (Å²) in [5.41, 5.74) is 0. The molecule has 0 atom stereocenters. The van der Waals surface area contributed by atoms with Gasteiger partial charge in [-0.2, -0.15) is 0 Å². The monoisotopic (exact) mass is 194 g/mol. The van der Waals surface area contributed by atoms with Crippen molar-refractivity contribution in [1.82, 2.24) is 0 Å². The minimum atomic E-state index is 1.11. The van der Waals surface area contributed by atoms with Crippen LogP contribution < -0.4 is 0 Å². The molecule has 0 fully saturated rings. The van der Waals surface area contributed by atoms with Crippen LogP contribution in [0.4, 0.5) is 0 Å². The maximum Gasteiger partial charge on any atom is -0.0316 e. The molecule has 0 spiro atoms. The molecule has 0 aliphatic heterocycles. The zero-order valence-corrected chi connectivity index (χ0v) is 9.64. The van der Waals surface area contributed by atoms with Crippen LogP contribution in [0.2, 0.25) is 0 Å². The molecule has 0 saturated carbocycles. The van der Waals surface area contributed by atoms with Crippen molar-refractivity contribution in [1.29, 1.82) is 0 Å². The van der Waals surface area contributed by atoms with Crippen molar-refractivity contribution in [2.45, 2.75) is 64.2 Å². The van der Waals surface area contributed by atoms with Crippen molar-refractivity contribution in [2.75, 3.05) is 0 Å². The van der Waals surface area contributed by atoms with Crippen LogP contribution in [0.25, 0.3) is 0 Å². The fourth-order valence-electron chi connectivity index (χ4n) is 1.62. The molecule has 0 rings (SSSR count). The van der Waals surface area contributed by atoms with Crippen LogP contribution in [0.1, 0.15) is 64.2 Å². The van der Waals surface area contributed by atoms with Crippen LogP contribution in [0.3, 0.4) is 0 Å². The Balaban J connectivity index is 2.85. The Bertz CT molecular complexity index is 113. The van der Waals surface area contributed by atoms with Crippen LogP contribution >= 0.6 is 0 Å². The van der Waals surface area contributed by atoms with Crippen molar-refractivity contribution in [3.8, 4) is 0 Å². The van der Waals surface area contributed by atoms with E-state index in [-0.39, 0.29) is 0 Å². The minimum absolute atomic E-state index is 1.11. The van der Waals surface area contributed by atoms with E-state index in [4.69, 9.17) is 0 Å². The van der Waals surface area contributed by atoms with Gasteiger partial charge in [0.25, 0.3) is 0 Å². The molecule has 0 heterocycles. The molecular weight excluding hydrogens is 168 g/mol. The third-order valence-electron chi connectivity index (χ3n) is 2.54. The lowest BCUT2D eigenvalue weighted by Gasteiger charge is -2.00. The molecule has 0 aliphatic rings. The highest BCUT2D eigenvalue weighted by Crippen LogP contribution is 2.10. The van der Waals surface area contributed by atoms with Gasteiger partial charge in [0.15, 0.2) is 0 Å². The third kappa shape index (κ3) is 11.7. The first-order valence-corrected chi connectivity index (χ1v) is 6.15. The molecule has 0 bridgehead atoms. The molecule has 0 aromatic rings. The highest BCUT2D eigenvalue weighted by atomic mass is 14.0. The minimum Gasteiger partial charge on any atom is -0.0885 e. The quantitative estimate of drug-likeness (QED) is 0.424. The molecular formula is C14H26. The van der Waals surface area contributed by atoms with Gasteiger partial charge in [-0.05, 0) is 19.8 Å². The van der Waals surface area contributed by atoms with E-state index < -0.39 is 0 Å². The van der Waals surface area contributed by atoms with Gasteiger partial charge in [0.05, 0.1) is 0 Å². The summed E-state index contributed by atoms with van der Waals surface area (Å²) in [7, 11) is 0. The number of allylic oxidation sites excluding steroid dienone is 2. The smallest absolute Gasteiger partial charge is 0.0316 e. The summed E-state index contributed by atoms with van der Waals surface area (Å²) in [4.78, 5) is 0. The summed E-state index contributed by atoms with van der Waals surface area (Å²) in [6, 6.07) is 0. The maximum absolute atomic E-state index is 3.85. The van der Waals surface area contributed by atoms with Crippen LogP contribution in [0, 0.1) is 13.8 Å². The lowest BCUT2D eigenvalue weighted by molar-refractivity contribution is 0.571. The van der Waals surface area contributed by atoms with E-state index in [2.05, 4.69) is 19.9 Å². The van der Waals surface area contributed by atoms with Crippen LogP contribution in [0.15, 0.2) is 12.2 Å². The molecule has 0 aliphatic carbocycles. The van der Waals surface area contributed by atoms with Crippen molar-refractivity contribution < 1.29 is 0 Å². The molecule has 0 aromatic heterocycles. The molecule has 82 valence electrons. The highest BCUT2D eigenvalue weighted by molar-refractivity contribution is 4.83. The van der Waals surface area contributed by atoms with E-state index in [0.717, 1.165) is 6.42 Å². The first-order valence-electron chi connectivity index (χ1n) is 6.15. The third-order valence-corrected chi connectivity index (χ3v) is 2.54. The molecule has 0 aromatic carbocycles. The SMILES string of the molecule is [CH2]/C=C/CCCCCCCCCC[CH2]. The van der Waals surface area contributed by atoms with E-state index in [1.807, 2.05) is 6.08 Å². The van der Waals surface area contributed by atoms with Gasteiger partial charge < -0.3 is 0 Å². The van der Waals surface area contributed by atoms with Gasteiger partial charge in [-0.15, -0.1) is 0 Å². The van der Waals surface area contributed by atoms with Gasteiger partial charge in [-0.1, -0.05) is 70.4 Å². The van der Waals surface area contributed by atoms with E-state index >= 15 is 0 Å². The summed E-state index contributed by atoms with van der Waals surface area (Å²) in [5, 5.41) is 0. The maximum atomic E-state index is 3.85. The Morgan fingerprint density at radius 1 is 0.714 bits per heavy atom. The summed E-state index contributed by atoms with van der Waals surface area (Å²) in [6.45, 7) is 7.53. The number of unbranched alkanes of at least 4 members (excludes halogenated alkanes) is 9. The zero-order valence-electron chi connectivity index (χ0n) is 9.64. The molecule has 0 unspecified atom stereocenters. The average molecular weight is 194 g/mol. The van der Waals surface area contributed by atoms with Gasteiger partial charge in [0.2, 0.25) is 0 Å². The number of rotatable bonds is 10. The van der Waals surface area contributed by atoms with Crippen molar-refractivity contribution in [3.05, 3.63) is 26.0 Å². The Morgan fingerprint density at radius 3 is 1.71 bits per heavy atom. The van der Waals surface area contributed by atoms with E-state index in [0.29, 0.717) is 0 Å². The highest BCUT2D eigenvalue weighted by Gasteiger charge is 1.90.